The molecule has 0 saturated carbocycles. The molecule has 200 valence electrons. The average Bonchev–Trinajstić information content (AvgIpc) is 3.74. The van der Waals surface area contributed by atoms with Gasteiger partial charge in [-0.05, 0) is 24.6 Å². The van der Waals surface area contributed by atoms with Gasteiger partial charge in [-0.15, -0.1) is 11.3 Å². The van der Waals surface area contributed by atoms with E-state index in [-0.39, 0.29) is 11.7 Å². The number of nitrogens with zero attached hydrogens (tertiary/aromatic N) is 5. The lowest BCUT2D eigenvalue weighted by molar-refractivity contribution is 0.0364. The minimum absolute atomic E-state index is 0.174. The first-order valence-corrected chi connectivity index (χ1v) is 13.4. The predicted octanol–water partition coefficient (Wildman–Crippen LogP) is 2.50. The maximum atomic E-state index is 13.8. The predicted molar refractivity (Wildman–Crippen MR) is 144 cm³/mol. The average molecular weight is 547 g/mol. The number of anilines is 1. The maximum absolute atomic E-state index is 13.8. The first-order chi connectivity index (χ1) is 19.0. The van der Waals surface area contributed by atoms with Crippen molar-refractivity contribution < 1.29 is 19.1 Å². The Hall–Kier alpha value is -4.33. The number of primary amides is 1. The quantitative estimate of drug-likeness (QED) is 0.253. The summed E-state index contributed by atoms with van der Waals surface area (Å²) in [6, 6.07) is 8.17. The first-order valence-electron chi connectivity index (χ1n) is 12.6. The molecule has 39 heavy (non-hydrogen) atoms. The van der Waals surface area contributed by atoms with Crippen LogP contribution in [0.1, 0.15) is 32.0 Å². The number of urea groups is 1. The van der Waals surface area contributed by atoms with Crippen LogP contribution in [0.4, 0.5) is 10.5 Å². The Kier molecular flexibility index (Phi) is 6.69. The number of benzene rings is 1. The number of fused-ring (bicyclic) bond motifs is 3. The standard InChI is InChI=1S/C26H26N8O4S/c27-26(37)34(33-11-13-38-14-12-33)17-4-1-3-16-20(17)24(35)21-22(16)30-31-23(21)18-5-6-19(39-18)25(36)29-7-2-9-32-10-8-28-15-32/h1,3-6,8,10,15H,2,7,9,11-14H2,(H2,27,37)(H,29,36)(H,30,31). The summed E-state index contributed by atoms with van der Waals surface area (Å²) in [5.41, 5.74) is 8.66. The molecule has 6 rings (SSSR count). The number of rotatable bonds is 8. The Bertz CT molecular complexity index is 1540. The summed E-state index contributed by atoms with van der Waals surface area (Å²) < 4.78 is 7.37. The van der Waals surface area contributed by atoms with Crippen molar-refractivity contribution in [3.63, 3.8) is 0 Å². The number of thiophene rings is 1. The van der Waals surface area contributed by atoms with E-state index in [1.165, 1.54) is 16.3 Å². The number of carbonyl (C=O) groups excluding carboxylic acids is 3. The largest absolute Gasteiger partial charge is 0.379 e. The molecule has 1 saturated heterocycles. The molecule has 0 atom stereocenters. The van der Waals surface area contributed by atoms with Gasteiger partial charge in [0.05, 0.1) is 51.8 Å². The molecule has 13 heteroatoms. The number of hydrogen-bond acceptors (Lipinski definition) is 8. The summed E-state index contributed by atoms with van der Waals surface area (Å²) in [5, 5.41) is 13.5. The highest BCUT2D eigenvalue weighted by atomic mass is 32.1. The molecule has 2 aliphatic rings. The molecule has 0 spiro atoms. The van der Waals surface area contributed by atoms with Gasteiger partial charge >= 0.3 is 6.03 Å². The van der Waals surface area contributed by atoms with Gasteiger partial charge in [-0.25, -0.2) is 19.8 Å². The van der Waals surface area contributed by atoms with Gasteiger partial charge in [-0.3, -0.25) is 14.7 Å². The number of morpholine rings is 1. The van der Waals surface area contributed by atoms with E-state index in [0.29, 0.717) is 71.5 Å². The fraction of sp³-hybridized carbons (Fsp3) is 0.269. The van der Waals surface area contributed by atoms with Crippen LogP contribution in [0, 0.1) is 0 Å². The van der Waals surface area contributed by atoms with Gasteiger partial charge in [0.25, 0.3) is 5.91 Å². The highest BCUT2D eigenvalue weighted by molar-refractivity contribution is 7.17. The zero-order valence-corrected chi connectivity index (χ0v) is 21.7. The molecule has 1 aliphatic carbocycles. The number of hydrazine groups is 1. The molecule has 1 fully saturated rings. The number of carbonyl (C=O) groups is 3. The van der Waals surface area contributed by atoms with E-state index >= 15 is 0 Å². The van der Waals surface area contributed by atoms with Gasteiger partial charge in [-0.1, -0.05) is 12.1 Å². The number of imidazole rings is 1. The summed E-state index contributed by atoms with van der Waals surface area (Å²) in [7, 11) is 0. The van der Waals surface area contributed by atoms with Crippen LogP contribution in [0.25, 0.3) is 21.8 Å². The van der Waals surface area contributed by atoms with Crippen molar-refractivity contribution >= 4 is 34.7 Å². The maximum Gasteiger partial charge on any atom is 0.334 e. The lowest BCUT2D eigenvalue weighted by Gasteiger charge is -2.36. The summed E-state index contributed by atoms with van der Waals surface area (Å²) in [6.07, 6.45) is 6.12. The number of amides is 3. The van der Waals surface area contributed by atoms with Crippen molar-refractivity contribution in [3.05, 3.63) is 65.1 Å². The second-order valence-corrected chi connectivity index (χ2v) is 10.2. The molecular weight excluding hydrogens is 520 g/mol. The molecule has 3 aromatic heterocycles. The van der Waals surface area contributed by atoms with Crippen LogP contribution in [0.2, 0.25) is 0 Å². The van der Waals surface area contributed by atoms with Crippen molar-refractivity contribution in [1.82, 2.24) is 30.1 Å². The Labute approximate surface area is 227 Å². The third kappa shape index (κ3) is 4.60. The Morgan fingerprint density at radius 1 is 1.18 bits per heavy atom. The van der Waals surface area contributed by atoms with Gasteiger partial charge in [-0.2, -0.15) is 5.10 Å². The second-order valence-electron chi connectivity index (χ2n) is 9.14. The van der Waals surface area contributed by atoms with Crippen LogP contribution in [0.5, 0.6) is 0 Å². The number of nitrogens with two attached hydrogens (primary N) is 1. The summed E-state index contributed by atoms with van der Waals surface area (Å²) in [4.78, 5) is 44.3. The summed E-state index contributed by atoms with van der Waals surface area (Å²) in [6.45, 7) is 3.15. The number of ketones is 1. The molecular formula is C26H26N8O4S. The Morgan fingerprint density at radius 3 is 2.79 bits per heavy atom. The third-order valence-corrected chi connectivity index (χ3v) is 7.84. The molecule has 0 bridgehead atoms. The molecule has 4 heterocycles. The van der Waals surface area contributed by atoms with Crippen LogP contribution in [0.3, 0.4) is 0 Å². The molecule has 4 aromatic rings. The Balaban J connectivity index is 1.23. The van der Waals surface area contributed by atoms with Crippen LogP contribution in [0.15, 0.2) is 49.1 Å². The van der Waals surface area contributed by atoms with E-state index in [1.54, 1.807) is 41.8 Å². The first kappa shape index (κ1) is 25.0. The number of hydrogen-bond donors (Lipinski definition) is 3. The zero-order chi connectivity index (χ0) is 26.9. The highest BCUT2D eigenvalue weighted by Gasteiger charge is 2.38. The van der Waals surface area contributed by atoms with Gasteiger partial charge in [0.1, 0.15) is 5.69 Å². The highest BCUT2D eigenvalue weighted by Crippen LogP contribution is 2.45. The minimum atomic E-state index is -0.677. The van der Waals surface area contributed by atoms with E-state index in [4.69, 9.17) is 10.5 Å². The van der Waals surface area contributed by atoms with E-state index in [2.05, 4.69) is 20.5 Å². The van der Waals surface area contributed by atoms with Gasteiger partial charge in [0.2, 0.25) is 0 Å². The van der Waals surface area contributed by atoms with Crippen molar-refractivity contribution in [3.8, 4) is 21.8 Å². The van der Waals surface area contributed by atoms with Gasteiger partial charge in [0.15, 0.2) is 5.78 Å². The van der Waals surface area contributed by atoms with Crippen molar-refractivity contribution in [2.75, 3.05) is 37.9 Å². The van der Waals surface area contributed by atoms with Crippen molar-refractivity contribution in [2.24, 2.45) is 5.73 Å². The third-order valence-electron chi connectivity index (χ3n) is 6.74. The number of aromatic nitrogens is 4. The number of aromatic amines is 1. The van der Waals surface area contributed by atoms with Crippen LogP contribution in [-0.4, -0.2) is 75.3 Å². The summed E-state index contributed by atoms with van der Waals surface area (Å²) >= 11 is 1.28. The smallest absolute Gasteiger partial charge is 0.334 e. The molecule has 0 unspecified atom stereocenters. The monoisotopic (exact) mass is 546 g/mol. The number of nitrogens with one attached hydrogen (secondary N) is 2. The van der Waals surface area contributed by atoms with Crippen LogP contribution >= 0.6 is 11.3 Å². The van der Waals surface area contributed by atoms with Crippen molar-refractivity contribution in [1.29, 1.82) is 0 Å². The fourth-order valence-electron chi connectivity index (χ4n) is 4.94. The Morgan fingerprint density at radius 2 is 2.03 bits per heavy atom. The van der Waals surface area contributed by atoms with E-state index in [9.17, 15) is 14.4 Å². The lowest BCUT2D eigenvalue weighted by Crippen LogP contribution is -2.54. The fourth-order valence-corrected chi connectivity index (χ4v) is 5.87. The van der Waals surface area contributed by atoms with E-state index < -0.39 is 6.03 Å². The second kappa shape index (κ2) is 10.4. The lowest BCUT2D eigenvalue weighted by atomic mass is 10.1. The molecule has 3 amide bonds. The number of H-pyrrole nitrogens is 1. The van der Waals surface area contributed by atoms with Gasteiger partial charge < -0.3 is 20.4 Å². The van der Waals surface area contributed by atoms with Crippen LogP contribution in [-0.2, 0) is 11.3 Å². The van der Waals surface area contributed by atoms with Crippen LogP contribution < -0.4 is 16.1 Å². The normalized spacial score (nSPS) is 14.7. The number of ether oxygens (including phenoxy) is 1. The molecule has 1 aliphatic heterocycles. The summed E-state index contributed by atoms with van der Waals surface area (Å²) in [5.74, 6) is -0.426. The van der Waals surface area contributed by atoms with Crippen molar-refractivity contribution in [2.45, 2.75) is 13.0 Å². The molecule has 12 nitrogen and oxygen atoms in total. The van der Waals surface area contributed by atoms with E-state index in [1.807, 2.05) is 16.8 Å². The zero-order valence-electron chi connectivity index (χ0n) is 20.9. The number of aryl methyl sites for hydroxylation is 1. The van der Waals surface area contributed by atoms with Gasteiger partial charge in [0, 0.05) is 44.1 Å². The van der Waals surface area contributed by atoms with E-state index in [0.717, 1.165) is 17.8 Å². The molecule has 0 radical (unpaired) electrons. The SMILES string of the molecule is NC(=O)N(c1cccc2c1C(=O)c1c-2n[nH]c1-c1ccc(C(=O)NCCCn2ccnc2)s1)N1CCOCC1. The molecule has 1 aromatic carbocycles. The molecule has 4 N–H and O–H groups in total. The minimum Gasteiger partial charge on any atom is -0.379 e. The topological polar surface area (TPSA) is 151 Å².